The summed E-state index contributed by atoms with van der Waals surface area (Å²) >= 11 is 0. The molecule has 0 N–H and O–H groups in total. The number of hydrogen-bond donors (Lipinski definition) is 0. The molecule has 0 fully saturated rings. The molecule has 0 aliphatic rings. The molecule has 2 rings (SSSR count). The third-order valence-corrected chi connectivity index (χ3v) is 2.72. The number of nitrogens with zero attached hydrogens (tertiary/aromatic N) is 1. The van der Waals surface area contributed by atoms with E-state index in [4.69, 9.17) is 0 Å². The molecule has 2 aromatic rings. The Kier molecular flexibility index (Phi) is 2.94. The molecule has 0 atom stereocenters. The predicted molar refractivity (Wildman–Crippen MR) is 59.3 cm³/mol. The van der Waals surface area contributed by atoms with Crippen molar-refractivity contribution in [1.82, 2.24) is 0 Å². The minimum absolute atomic E-state index is 1.05. The van der Waals surface area contributed by atoms with Gasteiger partial charge >= 0.3 is 0 Å². The lowest BCUT2D eigenvalue weighted by molar-refractivity contribution is -0.671. The first kappa shape index (κ1) is 9.40. The SMILES string of the molecule is [Si]CCC[n+]1cccc2ccccc21. The van der Waals surface area contributed by atoms with Crippen LogP contribution in [0.5, 0.6) is 0 Å². The highest BCUT2D eigenvalue weighted by Gasteiger charge is 2.05. The lowest BCUT2D eigenvalue weighted by Crippen LogP contribution is -2.33. The van der Waals surface area contributed by atoms with Crippen LogP contribution >= 0.6 is 0 Å². The number of hydrogen-bond acceptors (Lipinski definition) is 0. The van der Waals surface area contributed by atoms with Gasteiger partial charge in [-0.25, -0.2) is 0 Å². The van der Waals surface area contributed by atoms with Gasteiger partial charge in [-0.1, -0.05) is 18.2 Å². The summed E-state index contributed by atoms with van der Waals surface area (Å²) < 4.78 is 2.30. The van der Waals surface area contributed by atoms with Gasteiger partial charge in [0.05, 0.1) is 0 Å². The van der Waals surface area contributed by atoms with Gasteiger partial charge in [-0.3, -0.25) is 0 Å². The van der Waals surface area contributed by atoms with Gasteiger partial charge in [0.15, 0.2) is 6.20 Å². The van der Waals surface area contributed by atoms with Gasteiger partial charge < -0.3 is 0 Å². The molecular formula is C12H13NSi+. The van der Waals surface area contributed by atoms with Crippen molar-refractivity contribution in [3.63, 3.8) is 0 Å². The summed E-state index contributed by atoms with van der Waals surface area (Å²) in [5, 5.41) is 1.31. The van der Waals surface area contributed by atoms with E-state index < -0.39 is 0 Å². The van der Waals surface area contributed by atoms with E-state index in [1.165, 1.54) is 10.9 Å². The van der Waals surface area contributed by atoms with Crippen LogP contribution in [-0.4, -0.2) is 10.2 Å². The maximum Gasteiger partial charge on any atom is 0.212 e. The van der Waals surface area contributed by atoms with Crippen LogP contribution < -0.4 is 4.57 Å². The van der Waals surface area contributed by atoms with Crippen molar-refractivity contribution in [2.24, 2.45) is 0 Å². The first-order valence-electron chi connectivity index (χ1n) is 4.93. The smallest absolute Gasteiger partial charge is 0.198 e. The van der Waals surface area contributed by atoms with Crippen LogP contribution in [0.3, 0.4) is 0 Å². The van der Waals surface area contributed by atoms with Crippen LogP contribution in [-0.2, 0) is 6.54 Å². The highest BCUT2D eigenvalue weighted by atomic mass is 28.1. The summed E-state index contributed by atoms with van der Waals surface area (Å²) in [6, 6.07) is 13.8. The van der Waals surface area contributed by atoms with Gasteiger partial charge in [0.1, 0.15) is 6.54 Å². The average molecular weight is 199 g/mol. The average Bonchev–Trinajstić information content (AvgIpc) is 2.26. The Morgan fingerprint density at radius 3 is 2.71 bits per heavy atom. The lowest BCUT2D eigenvalue weighted by Gasteiger charge is -1.99. The molecule has 0 aliphatic carbocycles. The topological polar surface area (TPSA) is 3.88 Å². The van der Waals surface area contributed by atoms with Gasteiger partial charge in [0.2, 0.25) is 5.52 Å². The van der Waals surface area contributed by atoms with Gasteiger partial charge in [-0.15, -0.1) is 0 Å². The van der Waals surface area contributed by atoms with Crippen LogP contribution in [0, 0.1) is 0 Å². The Labute approximate surface area is 87.8 Å². The maximum absolute atomic E-state index is 3.50. The number of fused-ring (bicyclic) bond motifs is 1. The molecule has 14 heavy (non-hydrogen) atoms. The number of rotatable bonds is 3. The zero-order valence-corrected chi connectivity index (χ0v) is 9.11. The Balaban J connectivity index is 2.43. The Morgan fingerprint density at radius 2 is 1.86 bits per heavy atom. The summed E-state index contributed by atoms with van der Waals surface area (Å²) in [5.41, 5.74) is 1.31. The van der Waals surface area contributed by atoms with Crippen LogP contribution in [0.4, 0.5) is 0 Å². The van der Waals surface area contributed by atoms with Crippen molar-refractivity contribution in [1.29, 1.82) is 0 Å². The van der Waals surface area contributed by atoms with Crippen LogP contribution in [0.1, 0.15) is 6.42 Å². The molecule has 1 nitrogen and oxygen atoms in total. The van der Waals surface area contributed by atoms with Crippen LogP contribution in [0.25, 0.3) is 10.9 Å². The molecule has 2 heteroatoms. The molecule has 3 radical (unpaired) electrons. The Morgan fingerprint density at radius 1 is 1.07 bits per heavy atom. The first-order chi connectivity index (χ1) is 6.92. The number of pyridine rings is 1. The quantitative estimate of drug-likeness (QED) is 0.526. The zero-order chi connectivity index (χ0) is 9.80. The molecule has 0 aliphatic heterocycles. The molecule has 69 valence electrons. The van der Waals surface area contributed by atoms with Gasteiger partial charge in [-0.05, 0) is 12.1 Å². The van der Waals surface area contributed by atoms with Crippen molar-refractivity contribution in [2.45, 2.75) is 19.0 Å². The summed E-state index contributed by atoms with van der Waals surface area (Å²) in [6.07, 6.45) is 3.31. The number of para-hydroxylation sites is 1. The second-order valence-electron chi connectivity index (χ2n) is 3.36. The fourth-order valence-electron chi connectivity index (χ4n) is 1.67. The van der Waals surface area contributed by atoms with Crippen molar-refractivity contribution in [3.8, 4) is 0 Å². The largest absolute Gasteiger partial charge is 0.212 e. The molecule has 0 amide bonds. The summed E-state index contributed by atoms with van der Waals surface area (Å²) in [5.74, 6) is 0. The monoisotopic (exact) mass is 199 g/mol. The van der Waals surface area contributed by atoms with Crippen molar-refractivity contribution in [3.05, 3.63) is 42.6 Å². The molecule has 0 unspecified atom stereocenters. The van der Waals surface area contributed by atoms with Gasteiger partial charge in [0.25, 0.3) is 0 Å². The summed E-state index contributed by atoms with van der Waals surface area (Å²) in [6.45, 7) is 1.07. The van der Waals surface area contributed by atoms with E-state index >= 15 is 0 Å². The minimum Gasteiger partial charge on any atom is -0.198 e. The molecule has 0 spiro atoms. The van der Waals surface area contributed by atoms with Crippen molar-refractivity contribution < 1.29 is 4.57 Å². The van der Waals surface area contributed by atoms with Gasteiger partial charge in [-0.2, -0.15) is 4.57 Å². The number of aromatic nitrogens is 1. The standard InChI is InChI=1S/C12H13NSi/c14-10-4-9-13-8-3-6-11-5-1-2-7-12(11)13/h1-3,5-8H,4,9-10H2/q+1. The van der Waals surface area contributed by atoms with E-state index in [2.05, 4.69) is 57.4 Å². The second kappa shape index (κ2) is 4.38. The maximum atomic E-state index is 3.50. The number of benzene rings is 1. The molecule has 1 aromatic heterocycles. The van der Waals surface area contributed by atoms with Crippen LogP contribution in [0.2, 0.25) is 6.04 Å². The van der Waals surface area contributed by atoms with Gasteiger partial charge in [0, 0.05) is 34.2 Å². The third kappa shape index (κ3) is 1.85. The fourth-order valence-corrected chi connectivity index (χ4v) is 1.82. The zero-order valence-electron chi connectivity index (χ0n) is 8.11. The summed E-state index contributed by atoms with van der Waals surface area (Å²) in [7, 11) is 3.50. The molecule has 1 heterocycles. The highest BCUT2D eigenvalue weighted by Crippen LogP contribution is 2.07. The lowest BCUT2D eigenvalue weighted by atomic mass is 10.2. The fraction of sp³-hybridized carbons (Fsp3) is 0.250. The van der Waals surface area contributed by atoms with Crippen molar-refractivity contribution in [2.75, 3.05) is 0 Å². The van der Waals surface area contributed by atoms with E-state index in [-0.39, 0.29) is 0 Å². The Bertz CT molecular complexity index is 420. The molecule has 0 bridgehead atoms. The van der Waals surface area contributed by atoms with E-state index in [9.17, 15) is 0 Å². The van der Waals surface area contributed by atoms with Crippen molar-refractivity contribution >= 4 is 21.1 Å². The molecule has 1 aromatic carbocycles. The predicted octanol–water partition coefficient (Wildman–Crippen LogP) is 2.10. The minimum atomic E-state index is 1.05. The first-order valence-corrected chi connectivity index (χ1v) is 5.64. The number of aryl methyl sites for hydroxylation is 1. The Hall–Kier alpha value is -1.15. The summed E-state index contributed by atoms with van der Waals surface area (Å²) in [4.78, 5) is 0. The van der Waals surface area contributed by atoms with E-state index in [1.54, 1.807) is 0 Å². The third-order valence-electron chi connectivity index (χ3n) is 2.36. The van der Waals surface area contributed by atoms with E-state index in [0.29, 0.717) is 0 Å². The van der Waals surface area contributed by atoms with E-state index in [0.717, 1.165) is 19.0 Å². The normalized spacial score (nSPS) is 10.6. The molecular weight excluding hydrogens is 186 g/mol. The molecule has 0 saturated carbocycles. The van der Waals surface area contributed by atoms with E-state index in [1.807, 2.05) is 0 Å². The molecule has 0 saturated heterocycles. The van der Waals surface area contributed by atoms with Crippen LogP contribution in [0.15, 0.2) is 42.6 Å². The highest BCUT2D eigenvalue weighted by molar-refractivity contribution is 6.08. The second-order valence-corrected chi connectivity index (χ2v) is 3.86.